The highest BCUT2D eigenvalue weighted by atomic mass is 19.3. The lowest BCUT2D eigenvalue weighted by molar-refractivity contribution is -0.156. The van der Waals surface area contributed by atoms with E-state index in [0.29, 0.717) is 0 Å². The van der Waals surface area contributed by atoms with E-state index in [1.807, 2.05) is 5.32 Å². The van der Waals surface area contributed by atoms with Gasteiger partial charge in [-0.25, -0.2) is 17.6 Å². The van der Waals surface area contributed by atoms with E-state index in [1.165, 1.54) is 6.07 Å². The standard InChI is InChI=1S/C12H12F4N2O/c13-6-11(8-5-7(17)1-2-9(8)14)12(15,16)4-3-10(19)18-11/h1-2,5H,3-4,6,17H2,(H,18,19)/t11-/m1/s1. The van der Waals surface area contributed by atoms with Crippen molar-refractivity contribution in [1.82, 2.24) is 5.32 Å². The quantitative estimate of drug-likeness (QED) is 0.642. The maximum Gasteiger partial charge on any atom is 0.278 e. The number of nitrogen functional groups attached to an aromatic ring is 1. The lowest BCUT2D eigenvalue weighted by Gasteiger charge is -2.42. The molecule has 0 aromatic heterocycles. The zero-order valence-electron chi connectivity index (χ0n) is 9.85. The third kappa shape index (κ3) is 2.02. The second-order valence-electron chi connectivity index (χ2n) is 4.53. The number of hydrogen-bond donors (Lipinski definition) is 2. The van der Waals surface area contributed by atoms with Crippen molar-refractivity contribution in [2.24, 2.45) is 0 Å². The number of carbonyl (C=O) groups excluding carboxylic acids is 1. The third-order valence-corrected chi connectivity index (χ3v) is 3.29. The molecule has 104 valence electrons. The molecule has 7 heteroatoms. The number of carbonyl (C=O) groups is 1. The van der Waals surface area contributed by atoms with Crippen LogP contribution >= 0.6 is 0 Å². The van der Waals surface area contributed by atoms with E-state index in [2.05, 4.69) is 0 Å². The molecule has 1 aliphatic rings. The number of nitrogens with one attached hydrogen (secondary N) is 1. The first-order valence-corrected chi connectivity index (χ1v) is 5.63. The van der Waals surface area contributed by atoms with Crippen LogP contribution < -0.4 is 11.1 Å². The van der Waals surface area contributed by atoms with Crippen LogP contribution in [-0.4, -0.2) is 18.5 Å². The molecular weight excluding hydrogens is 264 g/mol. The fourth-order valence-corrected chi connectivity index (χ4v) is 2.21. The number of anilines is 1. The van der Waals surface area contributed by atoms with E-state index in [4.69, 9.17) is 5.73 Å². The van der Waals surface area contributed by atoms with Crippen LogP contribution in [0.25, 0.3) is 0 Å². The predicted octanol–water partition coefficient (Wildman–Crippen LogP) is 2.12. The van der Waals surface area contributed by atoms with Crippen molar-refractivity contribution in [3.8, 4) is 0 Å². The summed E-state index contributed by atoms with van der Waals surface area (Å²) in [5.41, 5.74) is 2.11. The Labute approximate surface area is 106 Å². The highest BCUT2D eigenvalue weighted by molar-refractivity contribution is 5.78. The topological polar surface area (TPSA) is 55.1 Å². The van der Waals surface area contributed by atoms with Gasteiger partial charge in [-0.15, -0.1) is 0 Å². The summed E-state index contributed by atoms with van der Waals surface area (Å²) in [4.78, 5) is 11.3. The van der Waals surface area contributed by atoms with Crippen molar-refractivity contribution in [1.29, 1.82) is 0 Å². The summed E-state index contributed by atoms with van der Waals surface area (Å²) in [5, 5.41) is 1.89. The third-order valence-electron chi connectivity index (χ3n) is 3.29. The van der Waals surface area contributed by atoms with E-state index in [-0.39, 0.29) is 5.69 Å². The van der Waals surface area contributed by atoms with Gasteiger partial charge in [-0.1, -0.05) is 0 Å². The average Bonchev–Trinajstić information content (AvgIpc) is 2.35. The molecule has 0 unspecified atom stereocenters. The highest BCUT2D eigenvalue weighted by Gasteiger charge is 2.59. The molecule has 3 N–H and O–H groups in total. The maximum atomic E-state index is 14.0. The van der Waals surface area contributed by atoms with Crippen molar-refractivity contribution in [2.45, 2.75) is 24.3 Å². The first-order valence-electron chi connectivity index (χ1n) is 5.63. The zero-order chi connectivity index (χ0) is 14.3. The molecule has 1 aliphatic heterocycles. The summed E-state index contributed by atoms with van der Waals surface area (Å²) in [5.74, 6) is -5.37. The lowest BCUT2D eigenvalue weighted by Crippen LogP contribution is -2.63. The van der Waals surface area contributed by atoms with Crippen molar-refractivity contribution >= 4 is 11.6 Å². The molecule has 1 fully saturated rings. The fraction of sp³-hybridized carbons (Fsp3) is 0.417. The van der Waals surface area contributed by atoms with Gasteiger partial charge in [0.2, 0.25) is 5.91 Å². The Morgan fingerprint density at radius 2 is 2.05 bits per heavy atom. The van der Waals surface area contributed by atoms with Crippen molar-refractivity contribution in [2.75, 3.05) is 12.4 Å². The van der Waals surface area contributed by atoms with Gasteiger partial charge in [0.25, 0.3) is 5.92 Å². The van der Waals surface area contributed by atoms with Gasteiger partial charge in [0.05, 0.1) is 0 Å². The highest BCUT2D eigenvalue weighted by Crippen LogP contribution is 2.45. The smallest absolute Gasteiger partial charge is 0.278 e. The largest absolute Gasteiger partial charge is 0.399 e. The van der Waals surface area contributed by atoms with Crippen molar-refractivity contribution < 1.29 is 22.4 Å². The van der Waals surface area contributed by atoms with Crippen LogP contribution in [0.15, 0.2) is 18.2 Å². The van der Waals surface area contributed by atoms with Gasteiger partial charge in [0.1, 0.15) is 12.5 Å². The Balaban J connectivity index is 2.63. The van der Waals surface area contributed by atoms with Gasteiger partial charge in [-0.3, -0.25) is 4.79 Å². The minimum Gasteiger partial charge on any atom is -0.399 e. The molecule has 2 rings (SSSR count). The van der Waals surface area contributed by atoms with E-state index in [1.54, 1.807) is 0 Å². The number of piperidine rings is 1. The van der Waals surface area contributed by atoms with Crippen LogP contribution in [0.2, 0.25) is 0 Å². The molecule has 0 radical (unpaired) electrons. The zero-order valence-corrected chi connectivity index (χ0v) is 9.85. The van der Waals surface area contributed by atoms with Crippen LogP contribution in [0, 0.1) is 5.82 Å². The lowest BCUT2D eigenvalue weighted by atomic mass is 9.79. The van der Waals surface area contributed by atoms with Gasteiger partial charge in [-0.2, -0.15) is 0 Å². The monoisotopic (exact) mass is 276 g/mol. The van der Waals surface area contributed by atoms with E-state index < -0.39 is 48.3 Å². The van der Waals surface area contributed by atoms with Gasteiger partial charge >= 0.3 is 0 Å². The van der Waals surface area contributed by atoms with Crippen LogP contribution in [0.1, 0.15) is 18.4 Å². The molecule has 1 aromatic rings. The summed E-state index contributed by atoms with van der Waals surface area (Å²) >= 11 is 0. The molecule has 3 nitrogen and oxygen atoms in total. The molecule has 1 saturated heterocycles. The number of halogens is 4. The van der Waals surface area contributed by atoms with E-state index in [9.17, 15) is 22.4 Å². The number of hydrogen-bond acceptors (Lipinski definition) is 2. The molecular formula is C12H12F4N2O. The Morgan fingerprint density at radius 3 is 2.68 bits per heavy atom. The Bertz CT molecular complexity index is 520. The maximum absolute atomic E-state index is 14.0. The van der Waals surface area contributed by atoms with Crippen LogP contribution in [0.4, 0.5) is 23.2 Å². The summed E-state index contributed by atoms with van der Waals surface area (Å²) in [6.07, 6.45) is -1.27. The minimum absolute atomic E-state index is 0.0137. The van der Waals surface area contributed by atoms with E-state index >= 15 is 0 Å². The predicted molar refractivity (Wildman–Crippen MR) is 60.8 cm³/mol. The first kappa shape index (κ1) is 13.6. The van der Waals surface area contributed by atoms with Gasteiger partial charge in [0, 0.05) is 24.1 Å². The second kappa shape index (κ2) is 4.40. The van der Waals surface area contributed by atoms with Crippen molar-refractivity contribution in [3.05, 3.63) is 29.6 Å². The second-order valence-corrected chi connectivity index (χ2v) is 4.53. The molecule has 0 aliphatic carbocycles. The van der Waals surface area contributed by atoms with E-state index in [0.717, 1.165) is 12.1 Å². The van der Waals surface area contributed by atoms with Gasteiger partial charge < -0.3 is 11.1 Å². The Morgan fingerprint density at radius 1 is 1.37 bits per heavy atom. The number of amides is 1. The summed E-state index contributed by atoms with van der Waals surface area (Å²) in [7, 11) is 0. The Kier molecular flexibility index (Phi) is 3.15. The molecule has 0 saturated carbocycles. The normalized spacial score (nSPS) is 26.0. The fourth-order valence-electron chi connectivity index (χ4n) is 2.21. The summed E-state index contributed by atoms with van der Waals surface area (Å²) in [6.45, 7) is -1.62. The van der Waals surface area contributed by atoms with Crippen LogP contribution in [-0.2, 0) is 10.3 Å². The Hall–Kier alpha value is -1.79. The molecule has 0 spiro atoms. The van der Waals surface area contributed by atoms with Gasteiger partial charge in [0.15, 0.2) is 5.54 Å². The molecule has 1 atom stereocenters. The number of rotatable bonds is 2. The van der Waals surface area contributed by atoms with Crippen molar-refractivity contribution in [3.63, 3.8) is 0 Å². The first-order chi connectivity index (χ1) is 8.82. The molecule has 1 heterocycles. The average molecular weight is 276 g/mol. The summed E-state index contributed by atoms with van der Waals surface area (Å²) < 4.78 is 55.1. The van der Waals surface area contributed by atoms with Crippen LogP contribution in [0.5, 0.6) is 0 Å². The molecule has 0 bridgehead atoms. The van der Waals surface area contributed by atoms with Crippen LogP contribution in [0.3, 0.4) is 0 Å². The SMILES string of the molecule is Nc1ccc(F)c([C@@]2(CF)NC(=O)CCC2(F)F)c1. The molecule has 1 amide bonds. The number of benzene rings is 1. The minimum atomic E-state index is -3.59. The molecule has 19 heavy (non-hydrogen) atoms. The van der Waals surface area contributed by atoms with Gasteiger partial charge in [-0.05, 0) is 18.2 Å². The summed E-state index contributed by atoms with van der Waals surface area (Å²) in [6, 6.07) is 2.97. The number of alkyl halides is 3. The molecule has 1 aromatic carbocycles. The number of nitrogens with two attached hydrogens (primary N) is 1.